The third-order valence-corrected chi connectivity index (χ3v) is 7.58. The van der Waals surface area contributed by atoms with Crippen LogP contribution in [-0.2, 0) is 0 Å². The van der Waals surface area contributed by atoms with Crippen molar-refractivity contribution in [2.75, 3.05) is 0 Å². The van der Waals surface area contributed by atoms with Crippen molar-refractivity contribution in [2.45, 2.75) is 0 Å². The second-order valence-corrected chi connectivity index (χ2v) is 9.03. The summed E-state index contributed by atoms with van der Waals surface area (Å²) >= 11 is 0. The van der Waals surface area contributed by atoms with E-state index >= 15 is 0 Å². The van der Waals surface area contributed by atoms with Gasteiger partial charge < -0.3 is 11.5 Å². The lowest BCUT2D eigenvalue weighted by Crippen LogP contribution is -2.42. The van der Waals surface area contributed by atoms with E-state index in [9.17, 15) is 0 Å². The normalized spacial score (nSPS) is 18.5. The average Bonchev–Trinajstić information content (AvgIpc) is 2.32. The molecule has 10 nitrogen and oxygen atoms in total. The minimum Gasteiger partial charge on any atom is -0.382 e. The Labute approximate surface area is 129 Å². The van der Waals surface area contributed by atoms with Crippen molar-refractivity contribution < 1.29 is 0 Å². The highest BCUT2D eigenvalue weighted by atomic mass is 33.7. The van der Waals surface area contributed by atoms with Crippen LogP contribution in [0.25, 0.3) is 0 Å². The van der Waals surface area contributed by atoms with Crippen LogP contribution in [-0.4, -0.2) is 22.1 Å². The van der Waals surface area contributed by atoms with Gasteiger partial charge in [0, 0.05) is 12.2 Å². The molecule has 0 aromatic rings. The zero-order valence-corrected chi connectivity index (χ0v) is 13.2. The Hall–Kier alpha value is -1.06. The first-order chi connectivity index (χ1) is 9.52. The van der Waals surface area contributed by atoms with E-state index in [4.69, 9.17) is 23.2 Å². The lowest BCUT2D eigenvalue weighted by atomic mass is 10.5. The van der Waals surface area contributed by atoms with Crippen molar-refractivity contribution in [3.05, 3.63) is 22.2 Å². The molecule has 2 rings (SSSR count). The molecule has 10 N–H and O–H groups in total. The lowest BCUT2D eigenvalue weighted by Gasteiger charge is -2.21. The van der Waals surface area contributed by atoms with Crippen molar-refractivity contribution >= 4 is 52.9 Å². The van der Waals surface area contributed by atoms with Crippen LogP contribution in [0.15, 0.2) is 32.4 Å². The number of nitrogens with one attached hydrogen (secondary N) is 2. The number of nitrogens with zero attached hydrogens (tertiary/aromatic N) is 4. The molecule has 0 aromatic heterocycles. The molecule has 0 fully saturated rings. The van der Waals surface area contributed by atoms with E-state index in [1.165, 1.54) is 41.2 Å². The predicted octanol–water partition coefficient (Wildman–Crippen LogP) is -0.721. The van der Waals surface area contributed by atoms with Crippen LogP contribution < -0.4 is 34.0 Å². The van der Waals surface area contributed by atoms with Crippen LogP contribution in [0.4, 0.5) is 0 Å². The molecule has 0 radical (unpaired) electrons. The van der Waals surface area contributed by atoms with Gasteiger partial charge in [-0.25, -0.2) is 11.7 Å². The minimum absolute atomic E-state index is 0.339. The first-order valence-corrected chi connectivity index (χ1v) is 9.77. The van der Waals surface area contributed by atoms with E-state index in [0.717, 1.165) is 20.5 Å². The zero-order valence-electron chi connectivity index (χ0n) is 9.89. The molecule has 0 spiro atoms. The molecule has 0 aromatic carbocycles. The topological polar surface area (TPSA) is 159 Å². The quantitative estimate of drug-likeness (QED) is 0.210. The summed E-state index contributed by atoms with van der Waals surface area (Å²) in [7, 11) is 5.94. The van der Waals surface area contributed by atoms with E-state index in [2.05, 4.69) is 21.1 Å². The van der Waals surface area contributed by atoms with Crippen LogP contribution in [0, 0.1) is 0 Å². The summed E-state index contributed by atoms with van der Waals surface area (Å²) in [6.07, 6.45) is 3.38. The highest BCUT2D eigenvalue weighted by Crippen LogP contribution is 2.48. The van der Waals surface area contributed by atoms with E-state index in [-0.39, 0.29) is 0 Å². The third-order valence-electron chi connectivity index (χ3n) is 1.73. The van der Waals surface area contributed by atoms with Gasteiger partial charge in [0.25, 0.3) is 0 Å². The summed E-state index contributed by atoms with van der Waals surface area (Å²) in [5.74, 6) is 11.6. The van der Waals surface area contributed by atoms with Gasteiger partial charge in [0.05, 0.1) is 0 Å². The van der Waals surface area contributed by atoms with E-state index in [1.807, 2.05) is 0 Å². The Morgan fingerprint density at radius 1 is 0.850 bits per heavy atom. The molecule has 20 heavy (non-hydrogen) atoms. The summed E-state index contributed by atoms with van der Waals surface area (Å²) < 4.78 is 0. The van der Waals surface area contributed by atoms with E-state index < -0.39 is 0 Å². The first kappa shape index (κ1) is 15.3. The van der Waals surface area contributed by atoms with Crippen LogP contribution >= 0.6 is 41.2 Å². The molecule has 110 valence electrons. The maximum absolute atomic E-state index is 5.58. The fourth-order valence-electron chi connectivity index (χ4n) is 1.10. The number of rotatable bonds is 5. The molecular formula is C6H12N10S4. The molecular weight excluding hydrogens is 340 g/mol. The Morgan fingerprint density at radius 3 is 1.60 bits per heavy atom. The Kier molecular flexibility index (Phi) is 5.44. The van der Waals surface area contributed by atoms with Crippen molar-refractivity contribution in [1.82, 2.24) is 21.3 Å². The molecule has 2 heterocycles. The fraction of sp³-hybridized carbons (Fsp3) is 0. The largest absolute Gasteiger partial charge is 0.382 e. The van der Waals surface area contributed by atoms with Crippen molar-refractivity contribution in [3.63, 3.8) is 0 Å². The molecule has 2 aliphatic rings. The standard InChI is InChI=1S/C6H12N10S4/c7-3-1-5(13-15(9)11-3)17-19-20-18-6-2-4(8)12-16(10)14-6/h1-2,13-14H,9-10H2,(H2,7,11)(H2,8,12). The van der Waals surface area contributed by atoms with Gasteiger partial charge in [-0.15, -0.1) is 20.7 Å². The maximum atomic E-state index is 5.58. The second-order valence-electron chi connectivity index (χ2n) is 3.28. The average molecular weight is 353 g/mol. The molecule has 0 amide bonds. The number of nitrogens with two attached hydrogens (primary N) is 4. The highest BCUT2D eigenvalue weighted by Gasteiger charge is 2.11. The van der Waals surface area contributed by atoms with Gasteiger partial charge in [0.2, 0.25) is 0 Å². The smallest absolute Gasteiger partial charge is 0.149 e. The number of hydrogen-bond acceptors (Lipinski definition) is 14. The molecule has 0 atom stereocenters. The highest BCUT2D eigenvalue weighted by molar-refractivity contribution is 9.26. The van der Waals surface area contributed by atoms with Crippen molar-refractivity contribution in [2.24, 2.45) is 33.4 Å². The second kappa shape index (κ2) is 7.09. The van der Waals surface area contributed by atoms with Crippen LogP contribution in [0.1, 0.15) is 0 Å². The molecule has 2 aliphatic heterocycles. The number of hydrazine groups is 4. The molecule has 0 unspecified atom stereocenters. The van der Waals surface area contributed by atoms with Gasteiger partial charge >= 0.3 is 0 Å². The summed E-state index contributed by atoms with van der Waals surface area (Å²) in [6.45, 7) is 0. The lowest BCUT2D eigenvalue weighted by molar-refractivity contribution is 0.233. The number of hydrogen-bond donors (Lipinski definition) is 6. The molecule has 14 heteroatoms. The molecule has 0 saturated heterocycles. The van der Waals surface area contributed by atoms with E-state index in [0.29, 0.717) is 11.7 Å². The number of hydrazone groups is 2. The van der Waals surface area contributed by atoms with Gasteiger partial charge in [0.1, 0.15) is 21.7 Å². The van der Waals surface area contributed by atoms with E-state index in [1.54, 1.807) is 12.2 Å². The van der Waals surface area contributed by atoms with Gasteiger partial charge in [0.15, 0.2) is 0 Å². The van der Waals surface area contributed by atoms with Gasteiger partial charge in [-0.1, -0.05) is 0 Å². The monoisotopic (exact) mass is 352 g/mol. The Balaban J connectivity index is 1.72. The maximum Gasteiger partial charge on any atom is 0.149 e. The SMILES string of the molecule is NC1=NN(N)NC(SSSSC2=CC(N)=NN(N)N2)=C1. The molecule has 0 bridgehead atoms. The van der Waals surface area contributed by atoms with Crippen LogP contribution in [0.3, 0.4) is 0 Å². The summed E-state index contributed by atoms with van der Waals surface area (Å²) in [5, 5.41) is 11.2. The number of amidine groups is 2. The first-order valence-electron chi connectivity index (χ1n) is 4.95. The summed E-state index contributed by atoms with van der Waals surface area (Å²) in [5.41, 5.74) is 16.8. The van der Waals surface area contributed by atoms with Gasteiger partial charge in [-0.05, 0) is 41.2 Å². The molecule has 0 aliphatic carbocycles. The van der Waals surface area contributed by atoms with Gasteiger partial charge in [-0.3, -0.25) is 10.9 Å². The zero-order chi connectivity index (χ0) is 14.5. The van der Waals surface area contributed by atoms with Crippen LogP contribution in [0.2, 0.25) is 0 Å². The fourth-order valence-corrected chi connectivity index (χ4v) is 6.34. The summed E-state index contributed by atoms with van der Waals surface area (Å²) in [6, 6.07) is 0. The van der Waals surface area contributed by atoms with Crippen LogP contribution in [0.5, 0.6) is 0 Å². The van der Waals surface area contributed by atoms with Crippen molar-refractivity contribution in [3.8, 4) is 0 Å². The summed E-state index contributed by atoms with van der Waals surface area (Å²) in [4.78, 5) is 0. The Bertz CT molecular complexity index is 442. The molecule has 0 saturated carbocycles. The van der Waals surface area contributed by atoms with Gasteiger partial charge in [-0.2, -0.15) is 0 Å². The third kappa shape index (κ3) is 4.80. The van der Waals surface area contributed by atoms with Crippen molar-refractivity contribution in [1.29, 1.82) is 0 Å². The minimum atomic E-state index is 0.339. The predicted molar refractivity (Wildman–Crippen MR) is 88.1 cm³/mol. The Morgan fingerprint density at radius 2 is 1.25 bits per heavy atom.